The molecular formula is C6H9NO3. The lowest BCUT2D eigenvalue weighted by Gasteiger charge is -2.06. The lowest BCUT2D eigenvalue weighted by molar-refractivity contribution is -0.139. The first-order chi connectivity index (χ1) is 4.61. The predicted octanol–water partition coefficient (Wildman–Crippen LogP) is 0.277. The molecule has 10 heavy (non-hydrogen) atoms. The Morgan fingerprint density at radius 1 is 1.80 bits per heavy atom. The van der Waals surface area contributed by atoms with Crippen LogP contribution < -0.4 is 0 Å². The van der Waals surface area contributed by atoms with E-state index in [1.165, 1.54) is 0 Å². The average Bonchev–Trinajstić information content (AvgIpc) is 2.10. The third kappa shape index (κ3) is 1.10. The highest BCUT2D eigenvalue weighted by Gasteiger charge is 2.30. The van der Waals surface area contributed by atoms with Crippen LogP contribution in [0.2, 0.25) is 0 Å². The first-order valence-corrected chi connectivity index (χ1v) is 3.05. The fourth-order valence-electron chi connectivity index (χ4n) is 0.921. The van der Waals surface area contributed by atoms with Crippen molar-refractivity contribution in [2.45, 2.75) is 26.0 Å². The van der Waals surface area contributed by atoms with Crippen LogP contribution in [-0.2, 0) is 9.53 Å². The summed E-state index contributed by atoms with van der Waals surface area (Å²) in [5.41, 5.74) is 0. The van der Waals surface area contributed by atoms with Crippen molar-refractivity contribution in [3.8, 4) is 0 Å². The monoisotopic (exact) mass is 143 g/mol. The number of ether oxygens (including phenoxy) is 1. The van der Waals surface area contributed by atoms with Crippen molar-refractivity contribution < 1.29 is 14.6 Å². The molecule has 2 atom stereocenters. The topological polar surface area (TPSA) is 58.9 Å². The Hall–Kier alpha value is -1.06. The number of rotatable bonds is 1. The number of hydrogen-bond acceptors (Lipinski definition) is 3. The highest BCUT2D eigenvalue weighted by Crippen LogP contribution is 2.12. The Morgan fingerprint density at radius 2 is 2.40 bits per heavy atom. The summed E-state index contributed by atoms with van der Waals surface area (Å²) in [6.45, 7) is 3.35. The van der Waals surface area contributed by atoms with Gasteiger partial charge in [-0.1, -0.05) is 0 Å². The molecule has 1 rings (SSSR count). The molecule has 2 unspecified atom stereocenters. The largest absolute Gasteiger partial charge is 0.480 e. The maximum atomic E-state index is 10.4. The van der Waals surface area contributed by atoms with Gasteiger partial charge in [0.25, 0.3) is 0 Å². The second kappa shape index (κ2) is 2.28. The minimum absolute atomic E-state index is 0.322. The molecule has 0 fully saturated rings. The molecule has 0 bridgehead atoms. The molecule has 56 valence electrons. The van der Waals surface area contributed by atoms with E-state index < -0.39 is 12.0 Å². The summed E-state index contributed by atoms with van der Waals surface area (Å²) in [7, 11) is 0. The van der Waals surface area contributed by atoms with Gasteiger partial charge in [0, 0.05) is 6.92 Å². The van der Waals surface area contributed by atoms with Gasteiger partial charge in [0.2, 0.25) is 0 Å². The summed E-state index contributed by atoms with van der Waals surface area (Å²) in [6.07, 6.45) is -0.322. The molecule has 1 aliphatic heterocycles. The van der Waals surface area contributed by atoms with Gasteiger partial charge in [0.15, 0.2) is 11.9 Å². The quantitative estimate of drug-likeness (QED) is 0.573. The molecule has 0 spiro atoms. The molecule has 4 heteroatoms. The van der Waals surface area contributed by atoms with Crippen LogP contribution in [0.4, 0.5) is 0 Å². The van der Waals surface area contributed by atoms with E-state index in [0.717, 1.165) is 0 Å². The average molecular weight is 143 g/mol. The van der Waals surface area contributed by atoms with Crippen LogP contribution in [0.15, 0.2) is 4.99 Å². The molecule has 0 saturated heterocycles. The van der Waals surface area contributed by atoms with E-state index in [1.54, 1.807) is 13.8 Å². The van der Waals surface area contributed by atoms with Crippen molar-refractivity contribution in [2.24, 2.45) is 4.99 Å². The maximum Gasteiger partial charge on any atom is 0.332 e. The van der Waals surface area contributed by atoms with Gasteiger partial charge in [0.1, 0.15) is 6.10 Å². The van der Waals surface area contributed by atoms with Gasteiger partial charge in [-0.05, 0) is 6.92 Å². The number of carboxylic acid groups (broad SMARTS) is 1. The third-order valence-corrected chi connectivity index (χ3v) is 1.37. The summed E-state index contributed by atoms with van der Waals surface area (Å²) in [5.74, 6) is -0.468. The lowest BCUT2D eigenvalue weighted by atomic mass is 10.2. The normalized spacial score (nSPS) is 31.2. The van der Waals surface area contributed by atoms with E-state index in [2.05, 4.69) is 4.99 Å². The van der Waals surface area contributed by atoms with Crippen LogP contribution in [0.1, 0.15) is 13.8 Å². The lowest BCUT2D eigenvalue weighted by Crippen LogP contribution is -2.27. The van der Waals surface area contributed by atoms with Gasteiger partial charge in [-0.25, -0.2) is 9.79 Å². The highest BCUT2D eigenvalue weighted by molar-refractivity contribution is 5.83. The van der Waals surface area contributed by atoms with Gasteiger partial charge in [0.05, 0.1) is 0 Å². The Bertz CT molecular complexity index is 187. The Labute approximate surface area is 58.5 Å². The van der Waals surface area contributed by atoms with Crippen LogP contribution in [-0.4, -0.2) is 29.1 Å². The molecule has 0 aliphatic carbocycles. The van der Waals surface area contributed by atoms with Gasteiger partial charge < -0.3 is 9.84 Å². The number of carbonyl (C=O) groups is 1. The molecule has 1 heterocycles. The molecule has 0 aromatic heterocycles. The smallest absolute Gasteiger partial charge is 0.332 e. The number of aliphatic carboxylic acids is 1. The van der Waals surface area contributed by atoms with Crippen molar-refractivity contribution in [2.75, 3.05) is 0 Å². The molecule has 0 aromatic rings. The Kier molecular flexibility index (Phi) is 1.61. The Balaban J connectivity index is 2.69. The molecule has 1 N–H and O–H groups in total. The number of aliphatic imine (C=N–C) groups is 1. The van der Waals surface area contributed by atoms with Crippen LogP contribution in [0.25, 0.3) is 0 Å². The molecular weight excluding hydrogens is 134 g/mol. The van der Waals surface area contributed by atoms with Gasteiger partial charge in [-0.2, -0.15) is 0 Å². The fourth-order valence-corrected chi connectivity index (χ4v) is 0.921. The third-order valence-electron chi connectivity index (χ3n) is 1.37. The summed E-state index contributed by atoms with van der Waals surface area (Å²) in [4.78, 5) is 14.1. The van der Waals surface area contributed by atoms with Gasteiger partial charge in [-0.15, -0.1) is 0 Å². The van der Waals surface area contributed by atoms with Crippen LogP contribution in [0, 0.1) is 0 Å². The Morgan fingerprint density at radius 3 is 2.60 bits per heavy atom. The van der Waals surface area contributed by atoms with Crippen molar-refractivity contribution in [1.82, 2.24) is 0 Å². The summed E-state index contributed by atoms with van der Waals surface area (Å²) >= 11 is 0. The van der Waals surface area contributed by atoms with E-state index >= 15 is 0 Å². The predicted molar refractivity (Wildman–Crippen MR) is 35.1 cm³/mol. The molecule has 1 aliphatic rings. The van der Waals surface area contributed by atoms with E-state index in [9.17, 15) is 4.79 Å². The summed E-state index contributed by atoms with van der Waals surface area (Å²) in [5, 5.41) is 8.51. The number of carboxylic acids is 1. The fraction of sp³-hybridized carbons (Fsp3) is 0.667. The van der Waals surface area contributed by atoms with Crippen molar-refractivity contribution in [3.05, 3.63) is 0 Å². The SMILES string of the molecule is CC1=NC(C(=O)O)C(C)O1. The number of nitrogens with zero attached hydrogens (tertiary/aromatic N) is 1. The minimum Gasteiger partial charge on any atom is -0.480 e. The first kappa shape index (κ1) is 7.05. The summed E-state index contributed by atoms with van der Waals surface area (Å²) < 4.78 is 5.00. The standard InChI is InChI=1S/C6H9NO3/c1-3-5(6(8)9)7-4(2)10-3/h3,5H,1-2H3,(H,8,9). The van der Waals surface area contributed by atoms with E-state index in [4.69, 9.17) is 9.84 Å². The van der Waals surface area contributed by atoms with Crippen molar-refractivity contribution in [1.29, 1.82) is 0 Å². The zero-order chi connectivity index (χ0) is 7.72. The summed E-state index contributed by atoms with van der Waals surface area (Å²) in [6, 6.07) is -0.708. The van der Waals surface area contributed by atoms with Crippen LogP contribution in [0.3, 0.4) is 0 Å². The molecule has 0 saturated carbocycles. The van der Waals surface area contributed by atoms with E-state index in [0.29, 0.717) is 5.90 Å². The van der Waals surface area contributed by atoms with Crippen molar-refractivity contribution >= 4 is 11.9 Å². The second-order valence-electron chi connectivity index (χ2n) is 2.25. The molecule has 4 nitrogen and oxygen atoms in total. The van der Waals surface area contributed by atoms with Crippen molar-refractivity contribution in [3.63, 3.8) is 0 Å². The second-order valence-corrected chi connectivity index (χ2v) is 2.25. The van der Waals surface area contributed by atoms with Crippen LogP contribution in [0.5, 0.6) is 0 Å². The number of hydrogen-bond donors (Lipinski definition) is 1. The van der Waals surface area contributed by atoms with Gasteiger partial charge in [-0.3, -0.25) is 0 Å². The van der Waals surface area contributed by atoms with E-state index in [1.807, 2.05) is 0 Å². The highest BCUT2D eigenvalue weighted by atomic mass is 16.5. The first-order valence-electron chi connectivity index (χ1n) is 3.05. The zero-order valence-corrected chi connectivity index (χ0v) is 5.87. The van der Waals surface area contributed by atoms with E-state index in [-0.39, 0.29) is 6.10 Å². The molecule has 0 amide bonds. The van der Waals surface area contributed by atoms with Crippen LogP contribution >= 0.6 is 0 Å². The maximum absolute atomic E-state index is 10.4. The van der Waals surface area contributed by atoms with Gasteiger partial charge >= 0.3 is 5.97 Å². The zero-order valence-electron chi connectivity index (χ0n) is 5.87. The molecule has 0 aromatic carbocycles. The molecule has 0 radical (unpaired) electrons. The minimum atomic E-state index is -0.927.